The molecule has 0 saturated heterocycles. The van der Waals surface area contributed by atoms with Crippen LogP contribution in [0.15, 0.2) is 53.4 Å². The van der Waals surface area contributed by atoms with Crippen molar-refractivity contribution in [3.63, 3.8) is 0 Å². The molecule has 0 unspecified atom stereocenters. The monoisotopic (exact) mass is 353 g/mol. The SMILES string of the molecule is O=C(NCc1ccnc(-c2ccsc2)c1)Nc1ccc2c(c1)OCO2. The molecular formula is C18H15N3O3S. The van der Waals surface area contributed by atoms with Crippen LogP contribution in [0.25, 0.3) is 11.3 Å². The number of rotatable bonds is 4. The van der Waals surface area contributed by atoms with Gasteiger partial charge in [0.1, 0.15) is 0 Å². The number of thiophene rings is 1. The van der Waals surface area contributed by atoms with Gasteiger partial charge in [-0.15, -0.1) is 0 Å². The van der Waals surface area contributed by atoms with Crippen molar-refractivity contribution < 1.29 is 14.3 Å². The average molecular weight is 353 g/mol. The molecule has 3 heterocycles. The summed E-state index contributed by atoms with van der Waals surface area (Å²) >= 11 is 1.63. The maximum absolute atomic E-state index is 12.1. The van der Waals surface area contributed by atoms with Crippen LogP contribution < -0.4 is 20.1 Å². The van der Waals surface area contributed by atoms with Crippen LogP contribution >= 0.6 is 11.3 Å². The summed E-state index contributed by atoms with van der Waals surface area (Å²) in [6, 6.07) is 10.9. The van der Waals surface area contributed by atoms with E-state index in [2.05, 4.69) is 15.6 Å². The highest BCUT2D eigenvalue weighted by atomic mass is 32.1. The first kappa shape index (κ1) is 15.5. The van der Waals surface area contributed by atoms with Gasteiger partial charge in [0.15, 0.2) is 11.5 Å². The van der Waals surface area contributed by atoms with Crippen LogP contribution in [0.5, 0.6) is 11.5 Å². The number of anilines is 1. The number of carbonyl (C=O) groups excluding carboxylic acids is 1. The lowest BCUT2D eigenvalue weighted by Gasteiger charge is -2.09. The summed E-state index contributed by atoms with van der Waals surface area (Å²) in [5.41, 5.74) is 3.61. The Labute approximate surface area is 148 Å². The largest absolute Gasteiger partial charge is 0.454 e. The molecule has 25 heavy (non-hydrogen) atoms. The highest BCUT2D eigenvalue weighted by Crippen LogP contribution is 2.34. The van der Waals surface area contributed by atoms with E-state index in [1.165, 1.54) is 0 Å². The van der Waals surface area contributed by atoms with E-state index in [1.54, 1.807) is 35.7 Å². The van der Waals surface area contributed by atoms with Crippen LogP contribution in [0.1, 0.15) is 5.56 Å². The summed E-state index contributed by atoms with van der Waals surface area (Å²) < 4.78 is 10.5. The molecule has 0 spiro atoms. The van der Waals surface area contributed by atoms with Gasteiger partial charge in [0.25, 0.3) is 0 Å². The number of nitrogens with one attached hydrogen (secondary N) is 2. The van der Waals surface area contributed by atoms with Crippen molar-refractivity contribution in [2.45, 2.75) is 6.54 Å². The van der Waals surface area contributed by atoms with Gasteiger partial charge < -0.3 is 20.1 Å². The Morgan fingerprint density at radius 2 is 2.08 bits per heavy atom. The molecule has 7 heteroatoms. The average Bonchev–Trinajstić information content (AvgIpc) is 3.31. The fourth-order valence-electron chi connectivity index (χ4n) is 2.48. The molecule has 1 aliphatic heterocycles. The lowest BCUT2D eigenvalue weighted by Crippen LogP contribution is -2.28. The molecule has 126 valence electrons. The van der Waals surface area contributed by atoms with Crippen molar-refractivity contribution in [3.05, 3.63) is 58.9 Å². The van der Waals surface area contributed by atoms with Gasteiger partial charge in [-0.25, -0.2) is 4.79 Å². The number of aromatic nitrogens is 1. The van der Waals surface area contributed by atoms with Crippen molar-refractivity contribution in [3.8, 4) is 22.8 Å². The molecule has 2 N–H and O–H groups in total. The van der Waals surface area contributed by atoms with Gasteiger partial charge in [0.05, 0.1) is 5.69 Å². The van der Waals surface area contributed by atoms with E-state index in [0.717, 1.165) is 16.8 Å². The topological polar surface area (TPSA) is 72.5 Å². The number of ether oxygens (including phenoxy) is 2. The molecule has 0 saturated carbocycles. The third-order valence-electron chi connectivity index (χ3n) is 3.72. The number of hydrogen-bond donors (Lipinski definition) is 2. The lowest BCUT2D eigenvalue weighted by molar-refractivity contribution is 0.174. The quantitative estimate of drug-likeness (QED) is 0.747. The Bertz CT molecular complexity index is 896. The minimum absolute atomic E-state index is 0.208. The maximum Gasteiger partial charge on any atom is 0.319 e. The molecular weight excluding hydrogens is 338 g/mol. The molecule has 3 aromatic rings. The third kappa shape index (κ3) is 3.56. The van der Waals surface area contributed by atoms with Gasteiger partial charge in [-0.1, -0.05) is 0 Å². The third-order valence-corrected chi connectivity index (χ3v) is 4.41. The molecule has 6 nitrogen and oxygen atoms in total. The van der Waals surface area contributed by atoms with Gasteiger partial charge in [-0.05, 0) is 41.3 Å². The molecule has 0 bridgehead atoms. The van der Waals surface area contributed by atoms with E-state index in [-0.39, 0.29) is 12.8 Å². The van der Waals surface area contributed by atoms with E-state index >= 15 is 0 Å². The minimum atomic E-state index is -0.284. The van der Waals surface area contributed by atoms with Gasteiger partial charge in [0.2, 0.25) is 6.79 Å². The van der Waals surface area contributed by atoms with Gasteiger partial charge in [0, 0.05) is 35.4 Å². The second kappa shape index (κ2) is 6.82. The van der Waals surface area contributed by atoms with Gasteiger partial charge in [-0.2, -0.15) is 11.3 Å². The molecule has 1 aliphatic rings. The van der Waals surface area contributed by atoms with Crippen LogP contribution in [0.3, 0.4) is 0 Å². The van der Waals surface area contributed by atoms with Crippen LogP contribution in [0.4, 0.5) is 10.5 Å². The van der Waals surface area contributed by atoms with Crippen molar-refractivity contribution in [2.24, 2.45) is 0 Å². The summed E-state index contributed by atoms with van der Waals surface area (Å²) in [5.74, 6) is 1.32. The standard InChI is InChI=1S/C18H15N3O3S/c22-18(21-14-1-2-16-17(8-14)24-11-23-16)20-9-12-3-5-19-15(7-12)13-4-6-25-10-13/h1-8,10H,9,11H2,(H2,20,21,22). The Kier molecular flexibility index (Phi) is 4.22. The normalized spacial score (nSPS) is 12.0. The summed E-state index contributed by atoms with van der Waals surface area (Å²) in [5, 5.41) is 9.69. The molecule has 0 fully saturated rings. The number of pyridine rings is 1. The molecule has 0 aliphatic carbocycles. The van der Waals surface area contributed by atoms with E-state index in [1.807, 2.05) is 29.0 Å². The zero-order valence-corrected chi connectivity index (χ0v) is 14.0. The Balaban J connectivity index is 1.37. The van der Waals surface area contributed by atoms with Gasteiger partial charge >= 0.3 is 6.03 Å². The second-order valence-corrected chi connectivity index (χ2v) is 6.22. The van der Waals surface area contributed by atoms with Crippen LogP contribution in [0.2, 0.25) is 0 Å². The highest BCUT2D eigenvalue weighted by Gasteiger charge is 2.14. The predicted octanol–water partition coefficient (Wildman–Crippen LogP) is 3.86. The summed E-state index contributed by atoms with van der Waals surface area (Å²) in [7, 11) is 0. The van der Waals surface area contributed by atoms with E-state index in [4.69, 9.17) is 9.47 Å². The fraction of sp³-hybridized carbons (Fsp3) is 0.111. The van der Waals surface area contributed by atoms with Crippen molar-refractivity contribution in [1.82, 2.24) is 10.3 Å². The summed E-state index contributed by atoms with van der Waals surface area (Å²) in [4.78, 5) is 16.5. The number of amides is 2. The molecule has 2 amide bonds. The summed E-state index contributed by atoms with van der Waals surface area (Å²) in [6.07, 6.45) is 1.75. The highest BCUT2D eigenvalue weighted by molar-refractivity contribution is 7.08. The Hall–Kier alpha value is -3.06. The van der Waals surface area contributed by atoms with E-state index < -0.39 is 0 Å². The number of urea groups is 1. The second-order valence-electron chi connectivity index (χ2n) is 5.44. The number of nitrogens with zero attached hydrogens (tertiary/aromatic N) is 1. The number of hydrogen-bond acceptors (Lipinski definition) is 5. The number of fused-ring (bicyclic) bond motifs is 1. The molecule has 0 radical (unpaired) electrons. The molecule has 2 aromatic heterocycles. The smallest absolute Gasteiger partial charge is 0.319 e. The minimum Gasteiger partial charge on any atom is -0.454 e. The zero-order chi connectivity index (χ0) is 17.1. The van der Waals surface area contributed by atoms with Crippen molar-refractivity contribution >= 4 is 23.1 Å². The van der Waals surface area contributed by atoms with Crippen LogP contribution in [-0.2, 0) is 6.54 Å². The number of carbonyl (C=O) groups is 1. The van der Waals surface area contributed by atoms with E-state index in [0.29, 0.717) is 23.7 Å². The Morgan fingerprint density at radius 3 is 2.96 bits per heavy atom. The first-order chi connectivity index (χ1) is 12.3. The Morgan fingerprint density at radius 1 is 1.16 bits per heavy atom. The zero-order valence-electron chi connectivity index (χ0n) is 13.2. The fourth-order valence-corrected chi connectivity index (χ4v) is 3.13. The van der Waals surface area contributed by atoms with E-state index in [9.17, 15) is 4.79 Å². The molecule has 4 rings (SSSR count). The van der Waals surface area contributed by atoms with Crippen molar-refractivity contribution in [2.75, 3.05) is 12.1 Å². The summed E-state index contributed by atoms with van der Waals surface area (Å²) in [6.45, 7) is 0.621. The van der Waals surface area contributed by atoms with Gasteiger partial charge in [-0.3, -0.25) is 4.98 Å². The maximum atomic E-state index is 12.1. The van der Waals surface area contributed by atoms with Crippen LogP contribution in [-0.4, -0.2) is 17.8 Å². The predicted molar refractivity (Wildman–Crippen MR) is 96.0 cm³/mol. The molecule has 0 atom stereocenters. The molecule has 1 aromatic carbocycles. The first-order valence-electron chi connectivity index (χ1n) is 7.70. The van der Waals surface area contributed by atoms with Crippen molar-refractivity contribution in [1.29, 1.82) is 0 Å². The lowest BCUT2D eigenvalue weighted by atomic mass is 10.1. The number of benzene rings is 1. The van der Waals surface area contributed by atoms with Crippen LogP contribution in [0, 0.1) is 0 Å². The first-order valence-corrected chi connectivity index (χ1v) is 8.64.